The van der Waals surface area contributed by atoms with E-state index < -0.39 is 23.5 Å². The number of carbonyl (C=O) groups excluding carboxylic acids is 2. The minimum Gasteiger partial charge on any atom is -0.422 e. The summed E-state index contributed by atoms with van der Waals surface area (Å²) < 4.78 is 10.3. The molecule has 22 heavy (non-hydrogen) atoms. The molecular formula is C15H14N2O5. The standard InChI is InChI=1S/C15H14N2O5/c16-13(18)12-8-17(5-6-21-12)14(19)10-7-9-3-1-2-4-11(9)22-15(10)20/h1-4,7,12H,5-6,8H2,(H2,16,18)/t12-/m0/s1. The molecule has 2 aromatic rings. The smallest absolute Gasteiger partial charge is 0.349 e. The van der Waals surface area contributed by atoms with Crippen LogP contribution in [0.5, 0.6) is 0 Å². The minimum atomic E-state index is -0.856. The molecule has 3 rings (SSSR count). The average molecular weight is 302 g/mol. The summed E-state index contributed by atoms with van der Waals surface area (Å²) in [6, 6.07) is 8.43. The molecule has 1 saturated heterocycles. The minimum absolute atomic E-state index is 0.0282. The topological polar surface area (TPSA) is 103 Å². The van der Waals surface area contributed by atoms with Crippen LogP contribution in [0.3, 0.4) is 0 Å². The lowest BCUT2D eigenvalue weighted by molar-refractivity contribution is -0.133. The van der Waals surface area contributed by atoms with Gasteiger partial charge in [-0.2, -0.15) is 0 Å². The average Bonchev–Trinajstić information content (AvgIpc) is 2.53. The van der Waals surface area contributed by atoms with Crippen LogP contribution in [-0.2, 0) is 9.53 Å². The Morgan fingerprint density at radius 2 is 2.05 bits per heavy atom. The van der Waals surface area contributed by atoms with Crippen LogP contribution in [0.1, 0.15) is 10.4 Å². The van der Waals surface area contributed by atoms with Crippen LogP contribution < -0.4 is 11.4 Å². The fourth-order valence-electron chi connectivity index (χ4n) is 2.39. The zero-order valence-corrected chi connectivity index (χ0v) is 11.7. The Morgan fingerprint density at radius 3 is 2.82 bits per heavy atom. The van der Waals surface area contributed by atoms with Crippen LogP contribution in [0, 0.1) is 0 Å². The van der Waals surface area contributed by atoms with Crippen molar-refractivity contribution in [1.29, 1.82) is 0 Å². The van der Waals surface area contributed by atoms with E-state index in [4.69, 9.17) is 14.9 Å². The lowest BCUT2D eigenvalue weighted by atomic mass is 10.1. The van der Waals surface area contributed by atoms with Crippen molar-refractivity contribution < 1.29 is 18.7 Å². The molecule has 2 heterocycles. The summed E-state index contributed by atoms with van der Waals surface area (Å²) in [5.74, 6) is -1.13. The van der Waals surface area contributed by atoms with Gasteiger partial charge in [0, 0.05) is 11.9 Å². The van der Waals surface area contributed by atoms with E-state index in [1.165, 1.54) is 11.0 Å². The van der Waals surface area contributed by atoms with Gasteiger partial charge in [-0.15, -0.1) is 0 Å². The first-order valence-corrected chi connectivity index (χ1v) is 6.79. The van der Waals surface area contributed by atoms with Crippen LogP contribution >= 0.6 is 0 Å². The molecule has 2 N–H and O–H groups in total. The number of nitrogens with two attached hydrogens (primary N) is 1. The SMILES string of the molecule is NC(=O)[C@@H]1CN(C(=O)c2cc3ccccc3oc2=O)CCO1. The van der Waals surface area contributed by atoms with Gasteiger partial charge in [0.15, 0.2) is 6.10 Å². The number of benzene rings is 1. The fraction of sp³-hybridized carbons (Fsp3) is 0.267. The molecule has 7 nitrogen and oxygen atoms in total. The second kappa shape index (κ2) is 5.61. The van der Waals surface area contributed by atoms with Gasteiger partial charge >= 0.3 is 5.63 Å². The van der Waals surface area contributed by atoms with Crippen molar-refractivity contribution in [3.63, 3.8) is 0 Å². The highest BCUT2D eigenvalue weighted by atomic mass is 16.5. The third-order valence-electron chi connectivity index (χ3n) is 3.54. The van der Waals surface area contributed by atoms with Gasteiger partial charge in [0.25, 0.3) is 5.91 Å². The summed E-state index contributed by atoms with van der Waals surface area (Å²) in [5.41, 5.74) is 4.84. The number of rotatable bonds is 2. The van der Waals surface area contributed by atoms with Crippen LogP contribution in [0.15, 0.2) is 39.5 Å². The number of morpholine rings is 1. The van der Waals surface area contributed by atoms with Crippen LogP contribution in [0.2, 0.25) is 0 Å². The van der Waals surface area contributed by atoms with Crippen molar-refractivity contribution >= 4 is 22.8 Å². The number of para-hydroxylation sites is 1. The van der Waals surface area contributed by atoms with Crippen LogP contribution in [0.25, 0.3) is 11.0 Å². The molecule has 0 saturated carbocycles. The lowest BCUT2D eigenvalue weighted by Gasteiger charge is -2.31. The molecule has 0 aliphatic carbocycles. The summed E-state index contributed by atoms with van der Waals surface area (Å²) in [6.07, 6.45) is -0.856. The molecule has 7 heteroatoms. The number of primary amides is 1. The van der Waals surface area contributed by atoms with Crippen LogP contribution in [0.4, 0.5) is 0 Å². The fourth-order valence-corrected chi connectivity index (χ4v) is 2.39. The number of hydrogen-bond acceptors (Lipinski definition) is 5. The predicted molar refractivity (Wildman–Crippen MR) is 77.3 cm³/mol. The maximum Gasteiger partial charge on any atom is 0.349 e. The van der Waals surface area contributed by atoms with E-state index >= 15 is 0 Å². The molecule has 0 unspecified atom stereocenters. The Balaban J connectivity index is 1.93. The maximum absolute atomic E-state index is 12.5. The Bertz CT molecular complexity index is 798. The Hall–Kier alpha value is -2.67. The zero-order valence-electron chi connectivity index (χ0n) is 11.7. The summed E-state index contributed by atoms with van der Waals surface area (Å²) >= 11 is 0. The van der Waals surface area contributed by atoms with Gasteiger partial charge < -0.3 is 19.8 Å². The van der Waals surface area contributed by atoms with E-state index in [2.05, 4.69) is 0 Å². The summed E-state index contributed by atoms with van der Waals surface area (Å²) in [4.78, 5) is 37.0. The second-order valence-electron chi connectivity index (χ2n) is 5.00. The number of nitrogens with zero attached hydrogens (tertiary/aromatic N) is 1. The zero-order chi connectivity index (χ0) is 15.7. The summed E-state index contributed by atoms with van der Waals surface area (Å²) in [7, 11) is 0. The number of amides is 2. The van der Waals surface area contributed by atoms with E-state index in [1.54, 1.807) is 24.3 Å². The van der Waals surface area contributed by atoms with Crippen molar-refractivity contribution in [2.75, 3.05) is 19.7 Å². The van der Waals surface area contributed by atoms with E-state index in [-0.39, 0.29) is 25.3 Å². The third-order valence-corrected chi connectivity index (χ3v) is 3.54. The Morgan fingerprint density at radius 1 is 1.27 bits per heavy atom. The maximum atomic E-state index is 12.5. The van der Waals surface area contributed by atoms with Gasteiger partial charge in [0.05, 0.1) is 13.2 Å². The van der Waals surface area contributed by atoms with Gasteiger partial charge in [-0.25, -0.2) is 4.79 Å². The van der Waals surface area contributed by atoms with Gasteiger partial charge in [0.1, 0.15) is 11.1 Å². The van der Waals surface area contributed by atoms with E-state index in [1.807, 2.05) is 0 Å². The molecule has 114 valence electrons. The van der Waals surface area contributed by atoms with Gasteiger partial charge in [-0.05, 0) is 12.1 Å². The normalized spacial score (nSPS) is 18.4. The summed E-state index contributed by atoms with van der Waals surface area (Å²) in [5, 5.41) is 0.658. The number of ether oxygens (including phenoxy) is 1. The molecule has 0 spiro atoms. The van der Waals surface area contributed by atoms with E-state index in [0.717, 1.165) is 0 Å². The van der Waals surface area contributed by atoms with Crippen molar-refractivity contribution in [2.45, 2.75) is 6.10 Å². The first kappa shape index (κ1) is 14.3. The van der Waals surface area contributed by atoms with Gasteiger partial charge in [-0.3, -0.25) is 9.59 Å². The van der Waals surface area contributed by atoms with E-state index in [0.29, 0.717) is 11.0 Å². The van der Waals surface area contributed by atoms with Gasteiger partial charge in [-0.1, -0.05) is 18.2 Å². The van der Waals surface area contributed by atoms with Gasteiger partial charge in [0.2, 0.25) is 5.91 Å². The quantitative estimate of drug-likeness (QED) is 0.794. The summed E-state index contributed by atoms with van der Waals surface area (Å²) in [6.45, 7) is 0.508. The molecular weight excluding hydrogens is 288 g/mol. The molecule has 2 amide bonds. The van der Waals surface area contributed by atoms with Crippen molar-refractivity contribution in [1.82, 2.24) is 4.90 Å². The second-order valence-corrected chi connectivity index (χ2v) is 5.00. The van der Waals surface area contributed by atoms with Crippen molar-refractivity contribution in [2.24, 2.45) is 5.73 Å². The molecule has 1 aliphatic heterocycles. The Kier molecular flexibility index (Phi) is 3.64. The monoisotopic (exact) mass is 302 g/mol. The highest BCUT2D eigenvalue weighted by Gasteiger charge is 2.29. The van der Waals surface area contributed by atoms with Crippen molar-refractivity contribution in [3.8, 4) is 0 Å². The van der Waals surface area contributed by atoms with Crippen LogP contribution in [-0.4, -0.2) is 42.5 Å². The largest absolute Gasteiger partial charge is 0.422 e. The number of hydrogen-bond donors (Lipinski definition) is 1. The first-order chi connectivity index (χ1) is 10.6. The molecule has 1 atom stereocenters. The molecule has 1 aliphatic rings. The first-order valence-electron chi connectivity index (χ1n) is 6.79. The van der Waals surface area contributed by atoms with E-state index in [9.17, 15) is 14.4 Å². The molecule has 1 fully saturated rings. The van der Waals surface area contributed by atoms with Crippen molar-refractivity contribution in [3.05, 3.63) is 46.3 Å². The molecule has 1 aromatic heterocycles. The molecule has 0 bridgehead atoms. The predicted octanol–water partition coefficient (Wildman–Crippen LogP) is 0.119. The lowest BCUT2D eigenvalue weighted by Crippen LogP contribution is -2.51. The molecule has 0 radical (unpaired) electrons. The Labute approximate surface area is 125 Å². The third kappa shape index (κ3) is 2.58. The number of fused-ring (bicyclic) bond motifs is 1. The molecule has 1 aromatic carbocycles. The number of carbonyl (C=O) groups is 2. The highest BCUT2D eigenvalue weighted by molar-refractivity contribution is 5.97. The highest BCUT2D eigenvalue weighted by Crippen LogP contribution is 2.15.